The number of hydrogen-bond donors (Lipinski definition) is 1. The maximum atomic E-state index is 12.8. The first-order valence-corrected chi connectivity index (χ1v) is 10.1. The fourth-order valence-electron chi connectivity index (χ4n) is 3.15. The standard InChI is InChI=1S/C22H20N4OS/c1-2-28-22-25-24-20(26(22)17-11-4-3-5-12-17)15-23-21(27)19-14-8-10-16-9-6-7-13-18(16)19/h3-14H,2,15H2,1H3,(H,23,27). The number of amides is 1. The van der Waals surface area contributed by atoms with Gasteiger partial charge in [-0.25, -0.2) is 0 Å². The number of para-hydroxylation sites is 1. The van der Waals surface area contributed by atoms with E-state index in [9.17, 15) is 4.79 Å². The monoisotopic (exact) mass is 388 g/mol. The summed E-state index contributed by atoms with van der Waals surface area (Å²) in [5.74, 6) is 1.48. The molecule has 3 aromatic carbocycles. The van der Waals surface area contributed by atoms with Crippen molar-refractivity contribution < 1.29 is 4.79 Å². The molecule has 0 saturated heterocycles. The average Bonchev–Trinajstić information content (AvgIpc) is 3.15. The van der Waals surface area contributed by atoms with E-state index in [0.29, 0.717) is 17.9 Å². The molecule has 1 heterocycles. The van der Waals surface area contributed by atoms with Crippen molar-refractivity contribution in [2.45, 2.75) is 18.6 Å². The summed E-state index contributed by atoms with van der Waals surface area (Å²) < 4.78 is 2.00. The number of benzene rings is 3. The van der Waals surface area contributed by atoms with Gasteiger partial charge in [-0.1, -0.05) is 73.3 Å². The third-order valence-electron chi connectivity index (χ3n) is 4.43. The quantitative estimate of drug-likeness (QED) is 0.495. The highest BCUT2D eigenvalue weighted by atomic mass is 32.2. The third-order valence-corrected chi connectivity index (χ3v) is 5.24. The topological polar surface area (TPSA) is 59.8 Å². The van der Waals surface area contributed by atoms with E-state index in [1.807, 2.05) is 77.4 Å². The second-order valence-electron chi connectivity index (χ2n) is 6.21. The Morgan fingerprint density at radius 2 is 1.71 bits per heavy atom. The second kappa shape index (κ2) is 8.27. The van der Waals surface area contributed by atoms with Crippen molar-refractivity contribution in [1.29, 1.82) is 0 Å². The molecule has 0 aliphatic heterocycles. The van der Waals surface area contributed by atoms with Gasteiger partial charge in [0.2, 0.25) is 0 Å². The summed E-state index contributed by atoms with van der Waals surface area (Å²) in [5, 5.41) is 14.4. The van der Waals surface area contributed by atoms with Gasteiger partial charge in [-0.15, -0.1) is 10.2 Å². The molecule has 0 atom stereocenters. The van der Waals surface area contributed by atoms with E-state index in [1.54, 1.807) is 11.8 Å². The van der Waals surface area contributed by atoms with Gasteiger partial charge in [-0.2, -0.15) is 0 Å². The molecule has 0 bridgehead atoms. The van der Waals surface area contributed by atoms with E-state index in [0.717, 1.165) is 27.4 Å². The van der Waals surface area contributed by atoms with Crippen LogP contribution in [0.25, 0.3) is 16.5 Å². The Labute approximate surface area is 167 Å². The lowest BCUT2D eigenvalue weighted by Gasteiger charge is -2.11. The van der Waals surface area contributed by atoms with Gasteiger partial charge in [-0.05, 0) is 34.7 Å². The van der Waals surface area contributed by atoms with Crippen LogP contribution in [0.2, 0.25) is 0 Å². The minimum Gasteiger partial charge on any atom is -0.345 e. The average molecular weight is 388 g/mol. The van der Waals surface area contributed by atoms with Crippen LogP contribution in [0.15, 0.2) is 78.0 Å². The molecular weight excluding hydrogens is 368 g/mol. The highest BCUT2D eigenvalue weighted by Crippen LogP contribution is 2.22. The lowest BCUT2D eigenvalue weighted by Crippen LogP contribution is -2.25. The molecular formula is C22H20N4OS. The van der Waals surface area contributed by atoms with Crippen LogP contribution in [-0.4, -0.2) is 26.4 Å². The van der Waals surface area contributed by atoms with Crippen molar-refractivity contribution in [2.24, 2.45) is 0 Å². The zero-order valence-electron chi connectivity index (χ0n) is 15.5. The molecule has 0 aliphatic rings. The molecule has 28 heavy (non-hydrogen) atoms. The Hall–Kier alpha value is -3.12. The fourth-order valence-corrected chi connectivity index (χ4v) is 3.85. The minimum absolute atomic E-state index is 0.121. The Morgan fingerprint density at radius 1 is 0.964 bits per heavy atom. The van der Waals surface area contributed by atoms with Gasteiger partial charge < -0.3 is 5.32 Å². The third kappa shape index (κ3) is 3.64. The molecule has 0 fully saturated rings. The first kappa shape index (κ1) is 18.3. The van der Waals surface area contributed by atoms with Crippen molar-refractivity contribution in [3.8, 4) is 5.69 Å². The van der Waals surface area contributed by atoms with E-state index < -0.39 is 0 Å². The van der Waals surface area contributed by atoms with E-state index in [1.165, 1.54) is 0 Å². The molecule has 1 N–H and O–H groups in total. The van der Waals surface area contributed by atoms with Crippen LogP contribution in [0, 0.1) is 0 Å². The minimum atomic E-state index is -0.121. The SMILES string of the molecule is CCSc1nnc(CNC(=O)c2cccc3ccccc23)n1-c1ccccc1. The van der Waals surface area contributed by atoms with Crippen molar-refractivity contribution >= 4 is 28.4 Å². The van der Waals surface area contributed by atoms with Crippen LogP contribution in [0.4, 0.5) is 0 Å². The van der Waals surface area contributed by atoms with Gasteiger partial charge in [-0.3, -0.25) is 9.36 Å². The summed E-state index contributed by atoms with van der Waals surface area (Å²) >= 11 is 1.63. The summed E-state index contributed by atoms with van der Waals surface area (Å²) in [5.41, 5.74) is 1.64. The number of nitrogens with zero attached hydrogens (tertiary/aromatic N) is 3. The maximum absolute atomic E-state index is 12.8. The second-order valence-corrected chi connectivity index (χ2v) is 7.44. The van der Waals surface area contributed by atoms with Crippen LogP contribution in [0.5, 0.6) is 0 Å². The van der Waals surface area contributed by atoms with E-state index in [-0.39, 0.29) is 5.91 Å². The molecule has 1 aromatic heterocycles. The summed E-state index contributed by atoms with van der Waals surface area (Å²) in [4.78, 5) is 12.8. The summed E-state index contributed by atoms with van der Waals surface area (Å²) in [6.07, 6.45) is 0. The molecule has 4 rings (SSSR count). The highest BCUT2D eigenvalue weighted by molar-refractivity contribution is 7.99. The number of aromatic nitrogens is 3. The predicted octanol–water partition coefficient (Wildman–Crippen LogP) is 4.46. The van der Waals surface area contributed by atoms with Crippen LogP contribution in [0.1, 0.15) is 23.1 Å². The molecule has 4 aromatic rings. The molecule has 5 nitrogen and oxygen atoms in total. The Bertz CT molecular complexity index is 1100. The van der Waals surface area contributed by atoms with Crippen LogP contribution < -0.4 is 5.32 Å². The van der Waals surface area contributed by atoms with Crippen molar-refractivity contribution in [1.82, 2.24) is 20.1 Å². The number of thioether (sulfide) groups is 1. The van der Waals surface area contributed by atoms with Gasteiger partial charge in [0.1, 0.15) is 0 Å². The van der Waals surface area contributed by atoms with Crippen molar-refractivity contribution in [2.75, 3.05) is 5.75 Å². The van der Waals surface area contributed by atoms with Crippen molar-refractivity contribution in [3.05, 3.63) is 84.2 Å². The molecule has 0 saturated carbocycles. The zero-order valence-corrected chi connectivity index (χ0v) is 16.3. The van der Waals surface area contributed by atoms with Crippen LogP contribution in [0.3, 0.4) is 0 Å². The van der Waals surface area contributed by atoms with Crippen LogP contribution in [-0.2, 0) is 6.54 Å². The van der Waals surface area contributed by atoms with E-state index in [4.69, 9.17) is 0 Å². The number of fused-ring (bicyclic) bond motifs is 1. The highest BCUT2D eigenvalue weighted by Gasteiger charge is 2.16. The lowest BCUT2D eigenvalue weighted by atomic mass is 10.0. The Kier molecular flexibility index (Phi) is 5.39. The molecule has 0 unspecified atom stereocenters. The van der Waals surface area contributed by atoms with Gasteiger partial charge in [0.05, 0.1) is 6.54 Å². The summed E-state index contributed by atoms with van der Waals surface area (Å²) in [6, 6.07) is 23.6. The van der Waals surface area contributed by atoms with Gasteiger partial charge in [0, 0.05) is 11.3 Å². The van der Waals surface area contributed by atoms with Gasteiger partial charge in [0.25, 0.3) is 5.91 Å². The van der Waals surface area contributed by atoms with Gasteiger partial charge in [0.15, 0.2) is 11.0 Å². The summed E-state index contributed by atoms with van der Waals surface area (Å²) in [6.45, 7) is 2.38. The number of carbonyl (C=O) groups is 1. The Balaban J connectivity index is 1.61. The molecule has 1 amide bonds. The molecule has 140 valence electrons. The normalized spacial score (nSPS) is 10.9. The summed E-state index contributed by atoms with van der Waals surface area (Å²) in [7, 11) is 0. The Morgan fingerprint density at radius 3 is 2.54 bits per heavy atom. The zero-order chi connectivity index (χ0) is 19.3. The molecule has 0 aliphatic carbocycles. The molecule has 0 radical (unpaired) electrons. The van der Waals surface area contributed by atoms with E-state index in [2.05, 4.69) is 22.4 Å². The lowest BCUT2D eigenvalue weighted by molar-refractivity contribution is 0.0951. The van der Waals surface area contributed by atoms with Crippen LogP contribution >= 0.6 is 11.8 Å². The van der Waals surface area contributed by atoms with E-state index >= 15 is 0 Å². The molecule has 0 spiro atoms. The fraction of sp³-hybridized carbons (Fsp3) is 0.136. The largest absolute Gasteiger partial charge is 0.345 e. The first-order chi connectivity index (χ1) is 13.8. The maximum Gasteiger partial charge on any atom is 0.252 e. The van der Waals surface area contributed by atoms with Crippen molar-refractivity contribution in [3.63, 3.8) is 0 Å². The smallest absolute Gasteiger partial charge is 0.252 e. The number of nitrogens with one attached hydrogen (secondary N) is 1. The van der Waals surface area contributed by atoms with Gasteiger partial charge >= 0.3 is 0 Å². The molecule has 6 heteroatoms. The number of hydrogen-bond acceptors (Lipinski definition) is 4. The number of carbonyl (C=O) groups excluding carboxylic acids is 1. The number of rotatable bonds is 6. The first-order valence-electron chi connectivity index (χ1n) is 9.16. The predicted molar refractivity (Wildman–Crippen MR) is 113 cm³/mol.